The number of carbonyl (C=O) groups is 3. The third-order valence-corrected chi connectivity index (χ3v) is 13.4. The number of phosphoric acid groups is 1. The van der Waals surface area contributed by atoms with E-state index in [2.05, 4.69) is 42.7 Å². The van der Waals surface area contributed by atoms with Crippen LogP contribution < -0.4 is 5.73 Å². The van der Waals surface area contributed by atoms with Gasteiger partial charge in [-0.2, -0.15) is 0 Å². The summed E-state index contributed by atoms with van der Waals surface area (Å²) in [6.07, 6.45) is 56.9. The van der Waals surface area contributed by atoms with Crippen LogP contribution in [0, 0.1) is 0 Å². The number of carboxylic acid groups (broad SMARTS) is 1. The van der Waals surface area contributed by atoms with Crippen LogP contribution in [-0.4, -0.2) is 59.9 Å². The summed E-state index contributed by atoms with van der Waals surface area (Å²) in [7, 11) is -4.73. The zero-order valence-corrected chi connectivity index (χ0v) is 44.2. The van der Waals surface area contributed by atoms with E-state index in [0.717, 1.165) is 38.5 Å². The Bertz CT molecular complexity index is 1230. The predicted molar refractivity (Wildman–Crippen MR) is 277 cm³/mol. The van der Waals surface area contributed by atoms with Gasteiger partial charge in [0.2, 0.25) is 0 Å². The first-order valence-corrected chi connectivity index (χ1v) is 29.4. The normalized spacial score (nSPS) is 13.6. The number of rotatable bonds is 53. The lowest BCUT2D eigenvalue weighted by atomic mass is 10.0. The Labute approximate surface area is 410 Å². The largest absolute Gasteiger partial charge is 0.480 e. The smallest absolute Gasteiger partial charge is 0.472 e. The van der Waals surface area contributed by atoms with Gasteiger partial charge in [0.05, 0.1) is 13.2 Å². The topological polar surface area (TPSA) is 172 Å². The minimum atomic E-state index is -4.73. The summed E-state index contributed by atoms with van der Waals surface area (Å²) < 4.78 is 32.9. The zero-order chi connectivity index (χ0) is 49.2. The number of aliphatic carboxylic acids is 1. The second-order valence-electron chi connectivity index (χ2n) is 19.1. The lowest BCUT2D eigenvalue weighted by Crippen LogP contribution is -2.34. The number of unbranched alkanes of at least 4 members (excludes halogenated alkanes) is 35. The van der Waals surface area contributed by atoms with Crippen LogP contribution in [0.1, 0.15) is 277 Å². The maximum Gasteiger partial charge on any atom is 0.472 e. The fourth-order valence-corrected chi connectivity index (χ4v) is 8.87. The quantitative estimate of drug-likeness (QED) is 0.0229. The minimum Gasteiger partial charge on any atom is -0.480 e. The second-order valence-corrected chi connectivity index (χ2v) is 20.5. The number of carboxylic acids is 1. The van der Waals surface area contributed by atoms with Crippen molar-refractivity contribution in [3.05, 3.63) is 24.3 Å². The molecule has 1 unspecified atom stereocenters. The Morgan fingerprint density at radius 3 is 1.18 bits per heavy atom. The van der Waals surface area contributed by atoms with Crippen LogP contribution in [0.25, 0.3) is 0 Å². The third-order valence-electron chi connectivity index (χ3n) is 12.4. The molecule has 0 heterocycles. The van der Waals surface area contributed by atoms with E-state index < -0.39 is 51.1 Å². The molecule has 0 radical (unpaired) electrons. The number of ether oxygens (including phenoxy) is 2. The van der Waals surface area contributed by atoms with Gasteiger partial charge in [-0.1, -0.05) is 244 Å². The van der Waals surface area contributed by atoms with Crippen LogP contribution >= 0.6 is 7.82 Å². The van der Waals surface area contributed by atoms with Gasteiger partial charge < -0.3 is 25.2 Å². The summed E-state index contributed by atoms with van der Waals surface area (Å²) in [6.45, 7) is 2.83. The highest BCUT2D eigenvalue weighted by Gasteiger charge is 2.28. The van der Waals surface area contributed by atoms with E-state index in [1.54, 1.807) is 0 Å². The summed E-state index contributed by atoms with van der Waals surface area (Å²) in [6, 6.07) is -1.53. The molecule has 4 N–H and O–H groups in total. The van der Waals surface area contributed by atoms with Gasteiger partial charge in [-0.05, 0) is 44.9 Å². The molecule has 0 saturated heterocycles. The van der Waals surface area contributed by atoms with Gasteiger partial charge in [-0.3, -0.25) is 23.4 Å². The average molecular weight is 970 g/mol. The fourth-order valence-electron chi connectivity index (χ4n) is 8.09. The van der Waals surface area contributed by atoms with Crippen molar-refractivity contribution in [2.45, 2.75) is 289 Å². The first-order valence-electron chi connectivity index (χ1n) is 27.9. The Balaban J connectivity index is 4.22. The molecule has 0 aliphatic rings. The standard InChI is InChI=1S/C55H104NO10P/c1-3-5-7-9-11-13-15-17-19-21-23-25-26-27-29-31-33-35-37-39-41-43-45-47-54(58)66-51(49-64-67(61,62)65-50-52(56)55(59)60)48-63-53(57)46-44-42-40-38-36-34-32-30-28-24-22-20-18-16-14-12-10-8-6-4-2/h31,33,39,41,51-52H,3-30,32,34-38,40,42-50,56H2,1-2H3,(H,59,60)(H,61,62)/b33-31+,41-39+/t51-,52+/m1/s1. The average Bonchev–Trinajstić information content (AvgIpc) is 3.31. The molecule has 0 bridgehead atoms. The van der Waals surface area contributed by atoms with Crippen LogP contribution in [0.2, 0.25) is 0 Å². The Morgan fingerprint density at radius 1 is 0.448 bits per heavy atom. The first-order chi connectivity index (χ1) is 32.6. The van der Waals surface area contributed by atoms with Gasteiger partial charge in [0.25, 0.3) is 0 Å². The molecule has 11 nitrogen and oxygen atoms in total. The number of esters is 2. The van der Waals surface area contributed by atoms with Crippen LogP contribution in [0.4, 0.5) is 0 Å². The molecule has 0 aliphatic carbocycles. The number of phosphoric ester groups is 1. The first kappa shape index (κ1) is 65.0. The summed E-state index contributed by atoms with van der Waals surface area (Å²) >= 11 is 0. The Hall–Kier alpha value is -2.04. The number of hydrogen-bond donors (Lipinski definition) is 3. The molecule has 394 valence electrons. The number of allylic oxidation sites excluding steroid dienone is 4. The summed E-state index contributed by atoms with van der Waals surface area (Å²) in [5.74, 6) is -2.41. The van der Waals surface area contributed by atoms with Crippen molar-refractivity contribution in [1.82, 2.24) is 0 Å². The van der Waals surface area contributed by atoms with Crippen LogP contribution in [0.5, 0.6) is 0 Å². The van der Waals surface area contributed by atoms with Gasteiger partial charge in [0.1, 0.15) is 12.6 Å². The highest BCUT2D eigenvalue weighted by molar-refractivity contribution is 7.47. The molecule has 0 amide bonds. The zero-order valence-electron chi connectivity index (χ0n) is 43.3. The molecule has 0 aromatic heterocycles. The van der Waals surface area contributed by atoms with Gasteiger partial charge in [0, 0.05) is 12.8 Å². The Kier molecular flexibility index (Phi) is 48.8. The molecular weight excluding hydrogens is 866 g/mol. The molecule has 0 aromatic carbocycles. The summed E-state index contributed by atoms with van der Waals surface area (Å²) in [4.78, 5) is 46.2. The number of nitrogens with two attached hydrogens (primary N) is 1. The lowest BCUT2D eigenvalue weighted by Gasteiger charge is -2.20. The summed E-state index contributed by atoms with van der Waals surface area (Å²) in [5, 5.41) is 8.93. The maximum atomic E-state index is 12.7. The van der Waals surface area contributed by atoms with E-state index in [0.29, 0.717) is 19.3 Å². The molecule has 0 saturated carbocycles. The fraction of sp³-hybridized carbons (Fsp3) is 0.873. The molecule has 0 aliphatic heterocycles. The van der Waals surface area contributed by atoms with Crippen molar-refractivity contribution in [2.24, 2.45) is 5.73 Å². The van der Waals surface area contributed by atoms with Crippen LogP contribution in [0.15, 0.2) is 24.3 Å². The minimum absolute atomic E-state index is 0.105. The van der Waals surface area contributed by atoms with Gasteiger partial charge in [0.15, 0.2) is 6.10 Å². The lowest BCUT2D eigenvalue weighted by molar-refractivity contribution is -0.161. The van der Waals surface area contributed by atoms with E-state index in [1.165, 1.54) is 193 Å². The van der Waals surface area contributed by atoms with E-state index in [-0.39, 0.29) is 19.4 Å². The van der Waals surface area contributed by atoms with Crippen molar-refractivity contribution < 1.29 is 47.5 Å². The SMILES string of the molecule is CCCCCCCCCCCCCCCC/C=C/CC/C=C/CCCC(=O)O[C@H](COC(=O)CCCCCCCCCCCCCCCCCCCCCC)COP(=O)(O)OC[C@H](N)C(=O)O. The van der Waals surface area contributed by atoms with E-state index in [9.17, 15) is 23.8 Å². The van der Waals surface area contributed by atoms with Gasteiger partial charge in [-0.25, -0.2) is 4.57 Å². The number of carbonyl (C=O) groups excluding carboxylic acids is 2. The monoisotopic (exact) mass is 970 g/mol. The van der Waals surface area contributed by atoms with Crippen LogP contribution in [-0.2, 0) is 37.5 Å². The van der Waals surface area contributed by atoms with Crippen molar-refractivity contribution in [3.8, 4) is 0 Å². The van der Waals surface area contributed by atoms with Crippen molar-refractivity contribution >= 4 is 25.7 Å². The molecule has 0 spiro atoms. The van der Waals surface area contributed by atoms with E-state index >= 15 is 0 Å². The highest BCUT2D eigenvalue weighted by atomic mass is 31.2. The molecule has 67 heavy (non-hydrogen) atoms. The Morgan fingerprint density at radius 2 is 0.776 bits per heavy atom. The predicted octanol–water partition coefficient (Wildman–Crippen LogP) is 16.1. The highest BCUT2D eigenvalue weighted by Crippen LogP contribution is 2.43. The van der Waals surface area contributed by atoms with Crippen molar-refractivity contribution in [2.75, 3.05) is 19.8 Å². The molecule has 0 fully saturated rings. The van der Waals surface area contributed by atoms with Crippen LogP contribution in [0.3, 0.4) is 0 Å². The van der Waals surface area contributed by atoms with E-state index in [1.807, 2.05) is 0 Å². The van der Waals surface area contributed by atoms with E-state index in [4.69, 9.17) is 24.8 Å². The summed E-state index contributed by atoms with van der Waals surface area (Å²) in [5.41, 5.74) is 5.36. The van der Waals surface area contributed by atoms with Crippen molar-refractivity contribution in [3.63, 3.8) is 0 Å². The van der Waals surface area contributed by atoms with Crippen molar-refractivity contribution in [1.29, 1.82) is 0 Å². The van der Waals surface area contributed by atoms with Gasteiger partial charge in [-0.15, -0.1) is 0 Å². The second kappa shape index (κ2) is 50.4. The molecular formula is C55H104NO10P. The third kappa shape index (κ3) is 50.2. The maximum absolute atomic E-state index is 12.7. The molecule has 3 atom stereocenters. The molecule has 0 rings (SSSR count). The van der Waals surface area contributed by atoms with Gasteiger partial charge >= 0.3 is 25.7 Å². The molecule has 0 aromatic rings. The molecule has 12 heteroatoms. The number of hydrogen-bond acceptors (Lipinski definition) is 9.